The van der Waals surface area contributed by atoms with E-state index < -0.39 is 0 Å². The van der Waals surface area contributed by atoms with Gasteiger partial charge in [0.2, 0.25) is 0 Å². The number of unbranched alkanes of at least 4 members (excludes halogenated alkanes) is 15. The Bertz CT molecular complexity index is 1170. The molecule has 0 amide bonds. The molecule has 0 aromatic rings. The minimum atomic E-state index is 0.183. The van der Waals surface area contributed by atoms with Gasteiger partial charge in [-0.3, -0.25) is 0 Å². The lowest BCUT2D eigenvalue weighted by Gasteiger charge is -2.40. The van der Waals surface area contributed by atoms with Gasteiger partial charge in [-0.15, -0.1) is 24.4 Å². The van der Waals surface area contributed by atoms with Gasteiger partial charge in [-0.2, -0.15) is 0 Å². The van der Waals surface area contributed by atoms with Gasteiger partial charge in [0, 0.05) is 16.5 Å². The van der Waals surface area contributed by atoms with Crippen molar-refractivity contribution in [1.29, 1.82) is 0 Å². The zero-order chi connectivity index (χ0) is 40.9. The fraction of sp³-hybridized carbons (Fsp3) is 0.731. The fourth-order valence-corrected chi connectivity index (χ4v) is 9.19. The maximum atomic E-state index is 5.18. The molecule has 3 heteroatoms. The zero-order valence-corrected chi connectivity index (χ0v) is 39.8. The Morgan fingerprint density at radius 2 is 1.29 bits per heavy atom. The van der Waals surface area contributed by atoms with E-state index in [2.05, 4.69) is 129 Å². The van der Waals surface area contributed by atoms with Crippen molar-refractivity contribution in [2.75, 3.05) is 6.26 Å². The number of rotatable bonds is 32. The molecular weight excluding hydrogens is 703 g/mol. The van der Waals surface area contributed by atoms with E-state index in [1.54, 1.807) is 0 Å². The van der Waals surface area contributed by atoms with Crippen LogP contribution in [-0.4, -0.2) is 12.3 Å². The van der Waals surface area contributed by atoms with E-state index in [1.165, 1.54) is 142 Å². The molecule has 0 heterocycles. The molecule has 1 aliphatic rings. The lowest BCUT2D eigenvalue weighted by Crippen LogP contribution is -2.38. The SMILES string of the molecule is C=C1CC(/C(C)=C/C=C/C=C/C=C(\SC)C(C)(C)C)C1/C=C(/NC(/C(S)=C/CCC)C(C)CC)C(CCCCCCCCCC)CCCCCCCCCC. The van der Waals surface area contributed by atoms with Crippen LogP contribution in [0.1, 0.15) is 204 Å². The first-order chi connectivity index (χ1) is 26.4. The van der Waals surface area contributed by atoms with Crippen molar-refractivity contribution in [3.05, 3.63) is 81.8 Å². The smallest absolute Gasteiger partial charge is 0.0589 e. The van der Waals surface area contributed by atoms with Crippen LogP contribution < -0.4 is 5.32 Å². The summed E-state index contributed by atoms with van der Waals surface area (Å²) in [5, 5.41) is 4.26. The summed E-state index contributed by atoms with van der Waals surface area (Å²) in [4.78, 5) is 2.63. The van der Waals surface area contributed by atoms with Crippen molar-refractivity contribution >= 4 is 24.4 Å². The van der Waals surface area contributed by atoms with E-state index in [0.717, 1.165) is 25.7 Å². The van der Waals surface area contributed by atoms with Gasteiger partial charge in [0.1, 0.15) is 0 Å². The summed E-state index contributed by atoms with van der Waals surface area (Å²) in [5.41, 5.74) is 4.53. The second kappa shape index (κ2) is 31.6. The monoisotopic (exact) mass is 794 g/mol. The Morgan fingerprint density at radius 1 is 0.782 bits per heavy atom. The Hall–Kier alpha value is -1.32. The van der Waals surface area contributed by atoms with Crippen molar-refractivity contribution in [3.8, 4) is 0 Å². The minimum Gasteiger partial charge on any atom is -0.381 e. The topological polar surface area (TPSA) is 12.0 Å². The van der Waals surface area contributed by atoms with E-state index in [1.807, 2.05) is 11.8 Å². The first-order valence-electron chi connectivity index (χ1n) is 23.3. The van der Waals surface area contributed by atoms with Gasteiger partial charge in [0.15, 0.2) is 0 Å². The number of nitrogens with one attached hydrogen (secondary N) is 1. The van der Waals surface area contributed by atoms with Crippen molar-refractivity contribution in [2.45, 2.75) is 210 Å². The third-order valence-corrected chi connectivity index (χ3v) is 13.6. The Morgan fingerprint density at radius 3 is 1.75 bits per heavy atom. The molecule has 0 bridgehead atoms. The molecule has 0 radical (unpaired) electrons. The first-order valence-corrected chi connectivity index (χ1v) is 24.9. The van der Waals surface area contributed by atoms with Crippen LogP contribution >= 0.6 is 24.4 Å². The van der Waals surface area contributed by atoms with E-state index >= 15 is 0 Å². The molecule has 1 N–H and O–H groups in total. The average Bonchev–Trinajstić information content (AvgIpc) is 3.16. The molecule has 1 aliphatic carbocycles. The number of thiol groups is 1. The Kier molecular flexibility index (Phi) is 29.7. The third-order valence-electron chi connectivity index (χ3n) is 12.0. The predicted molar refractivity (Wildman–Crippen MR) is 258 cm³/mol. The van der Waals surface area contributed by atoms with Crippen LogP contribution in [0.25, 0.3) is 0 Å². The molecule has 0 aromatic carbocycles. The van der Waals surface area contributed by atoms with Crippen LogP contribution in [-0.2, 0) is 0 Å². The van der Waals surface area contributed by atoms with Crippen LogP contribution in [0.2, 0.25) is 0 Å². The van der Waals surface area contributed by atoms with Crippen LogP contribution in [0.15, 0.2) is 81.8 Å². The summed E-state index contributed by atoms with van der Waals surface area (Å²) in [6, 6.07) is 0.253. The summed E-state index contributed by atoms with van der Waals surface area (Å²) in [6.07, 6.45) is 49.7. The van der Waals surface area contributed by atoms with Gasteiger partial charge in [0.05, 0.1) is 6.04 Å². The molecule has 1 nitrogen and oxygen atoms in total. The number of hydrogen-bond acceptors (Lipinski definition) is 3. The standard InChI is InChI=1S/C52H91NS2/c1-12-16-19-21-23-25-27-32-36-45(37-33-28-26-24-22-20-17-13-2)48(53-51(42(5)15-4)49(54)38-18-14-3)41-47-44(7)40-46(47)43(6)35-31-29-30-34-39-50(55-11)52(8,9)10/h29-31,34-35,38-39,41-42,45-47,51,53-54H,7,12-28,32-33,36-37,40H2,1-6,8-11H3/b31-29+,34-30+,43-35+,48-41+,49-38-,50-39-. The highest BCUT2D eigenvalue weighted by Crippen LogP contribution is 2.45. The van der Waals surface area contributed by atoms with E-state index in [9.17, 15) is 0 Å². The molecule has 4 atom stereocenters. The molecule has 0 saturated heterocycles. The number of hydrogen-bond donors (Lipinski definition) is 2. The summed E-state index contributed by atoms with van der Waals surface area (Å²) in [5.74, 6) is 1.99. The lowest BCUT2D eigenvalue weighted by atomic mass is 9.66. The van der Waals surface area contributed by atoms with E-state index in [0.29, 0.717) is 23.7 Å². The largest absolute Gasteiger partial charge is 0.381 e. The normalized spacial score (nSPS) is 18.9. The molecule has 1 saturated carbocycles. The van der Waals surface area contributed by atoms with Gasteiger partial charge >= 0.3 is 0 Å². The summed E-state index contributed by atoms with van der Waals surface area (Å²) >= 11 is 7.02. The quantitative estimate of drug-likeness (QED) is 0.0305. The molecule has 4 unspecified atom stereocenters. The van der Waals surface area contributed by atoms with Crippen LogP contribution in [0, 0.1) is 29.1 Å². The summed E-state index contributed by atoms with van der Waals surface area (Å²) in [7, 11) is 0. The average molecular weight is 794 g/mol. The highest BCUT2D eigenvalue weighted by atomic mass is 32.2. The Labute approximate surface area is 354 Å². The van der Waals surface area contributed by atoms with E-state index in [4.69, 9.17) is 12.6 Å². The molecule has 0 spiro atoms. The molecule has 55 heavy (non-hydrogen) atoms. The van der Waals surface area contributed by atoms with E-state index in [-0.39, 0.29) is 11.5 Å². The van der Waals surface area contributed by atoms with Gasteiger partial charge in [-0.25, -0.2) is 0 Å². The summed E-state index contributed by atoms with van der Waals surface area (Å²) in [6.45, 7) is 25.5. The second-order valence-corrected chi connectivity index (χ2v) is 19.3. The van der Waals surface area contributed by atoms with Crippen molar-refractivity contribution < 1.29 is 0 Å². The van der Waals surface area contributed by atoms with Crippen molar-refractivity contribution in [2.24, 2.45) is 29.1 Å². The number of thioether (sulfide) groups is 1. The van der Waals surface area contributed by atoms with Crippen molar-refractivity contribution in [1.82, 2.24) is 5.32 Å². The predicted octanol–water partition coefficient (Wildman–Crippen LogP) is 17.7. The highest BCUT2D eigenvalue weighted by Gasteiger charge is 2.35. The molecule has 0 aliphatic heterocycles. The summed E-state index contributed by atoms with van der Waals surface area (Å²) < 4.78 is 0. The molecule has 0 aromatic heterocycles. The number of allylic oxidation sites excluding steroid dienone is 12. The fourth-order valence-electron chi connectivity index (χ4n) is 7.92. The molecular formula is C52H91NS2. The van der Waals surface area contributed by atoms with Crippen LogP contribution in [0.5, 0.6) is 0 Å². The second-order valence-electron chi connectivity index (χ2n) is 17.9. The maximum absolute atomic E-state index is 5.18. The van der Waals surface area contributed by atoms with Gasteiger partial charge < -0.3 is 5.32 Å². The molecule has 316 valence electrons. The van der Waals surface area contributed by atoms with Crippen molar-refractivity contribution in [3.63, 3.8) is 0 Å². The Balaban J connectivity index is 3.39. The van der Waals surface area contributed by atoms with Gasteiger partial charge in [-0.1, -0.05) is 237 Å². The maximum Gasteiger partial charge on any atom is 0.0589 e. The molecule has 1 rings (SSSR count). The van der Waals surface area contributed by atoms with Crippen LogP contribution in [0.4, 0.5) is 0 Å². The highest BCUT2D eigenvalue weighted by molar-refractivity contribution is 8.02. The first kappa shape index (κ1) is 51.7. The minimum absolute atomic E-state index is 0.183. The van der Waals surface area contributed by atoms with Gasteiger partial charge in [-0.05, 0) is 66.9 Å². The zero-order valence-electron chi connectivity index (χ0n) is 38.1. The molecule has 1 fully saturated rings. The third kappa shape index (κ3) is 22.4. The lowest BCUT2D eigenvalue weighted by molar-refractivity contribution is 0.358. The van der Waals surface area contributed by atoms with Gasteiger partial charge in [0.25, 0.3) is 0 Å². The van der Waals surface area contributed by atoms with Crippen LogP contribution in [0.3, 0.4) is 0 Å².